The average Bonchev–Trinajstić information content (AvgIpc) is 2.56. The Morgan fingerprint density at radius 2 is 1.55 bits per heavy atom. The lowest BCUT2D eigenvalue weighted by Crippen LogP contribution is -2.28. The van der Waals surface area contributed by atoms with Crippen molar-refractivity contribution in [1.82, 2.24) is 5.32 Å². The minimum Gasteiger partial charge on any atom is -0.489 e. The second-order valence-electron chi connectivity index (χ2n) is 5.82. The molecule has 0 atom stereocenters. The quantitative estimate of drug-likeness (QED) is 0.891. The van der Waals surface area contributed by atoms with Crippen LogP contribution >= 0.6 is 12.4 Å². The van der Waals surface area contributed by atoms with Crippen molar-refractivity contribution < 1.29 is 4.74 Å². The monoisotopic (exact) mass is 317 g/mol. The summed E-state index contributed by atoms with van der Waals surface area (Å²) in [5.41, 5.74) is 2.63. The van der Waals surface area contributed by atoms with E-state index in [1.54, 1.807) is 0 Å². The number of hydrogen-bond acceptors (Lipinski definition) is 2. The van der Waals surface area contributed by atoms with E-state index in [1.165, 1.54) is 43.5 Å². The molecule has 0 spiro atoms. The first-order valence-corrected chi connectivity index (χ1v) is 7.86. The van der Waals surface area contributed by atoms with Crippen molar-refractivity contribution in [3.63, 3.8) is 0 Å². The van der Waals surface area contributed by atoms with Gasteiger partial charge in [-0.25, -0.2) is 0 Å². The molecule has 2 aromatic carbocycles. The minimum absolute atomic E-state index is 0. The number of piperidine rings is 1. The highest BCUT2D eigenvalue weighted by Crippen LogP contribution is 2.20. The van der Waals surface area contributed by atoms with Crippen LogP contribution in [-0.4, -0.2) is 13.1 Å². The van der Waals surface area contributed by atoms with E-state index < -0.39 is 0 Å². The fourth-order valence-corrected chi connectivity index (χ4v) is 2.88. The van der Waals surface area contributed by atoms with E-state index in [4.69, 9.17) is 4.74 Å². The first kappa shape index (κ1) is 16.9. The van der Waals surface area contributed by atoms with E-state index in [0.717, 1.165) is 11.7 Å². The molecule has 0 amide bonds. The van der Waals surface area contributed by atoms with Gasteiger partial charge in [0.2, 0.25) is 0 Å². The molecule has 2 aromatic rings. The SMILES string of the molecule is Cl.c1ccc(COc2ccc(CC3CCNCC3)cc2)cc1. The normalized spacial score (nSPS) is 15.1. The van der Waals surface area contributed by atoms with Gasteiger partial charge in [0.25, 0.3) is 0 Å². The van der Waals surface area contributed by atoms with Gasteiger partial charge in [-0.15, -0.1) is 12.4 Å². The molecule has 0 bridgehead atoms. The lowest BCUT2D eigenvalue weighted by molar-refractivity contribution is 0.306. The highest BCUT2D eigenvalue weighted by molar-refractivity contribution is 5.85. The van der Waals surface area contributed by atoms with Crippen molar-refractivity contribution in [3.05, 3.63) is 65.7 Å². The number of benzene rings is 2. The van der Waals surface area contributed by atoms with Gasteiger partial charge in [-0.05, 0) is 61.5 Å². The summed E-state index contributed by atoms with van der Waals surface area (Å²) < 4.78 is 5.83. The lowest BCUT2D eigenvalue weighted by atomic mass is 9.91. The van der Waals surface area contributed by atoms with Gasteiger partial charge in [-0.1, -0.05) is 42.5 Å². The Kier molecular flexibility index (Phi) is 6.75. The number of hydrogen-bond donors (Lipinski definition) is 1. The maximum atomic E-state index is 5.83. The molecule has 0 radical (unpaired) electrons. The van der Waals surface area contributed by atoms with Crippen LogP contribution in [0.2, 0.25) is 0 Å². The third kappa shape index (κ3) is 5.04. The molecule has 3 heteroatoms. The summed E-state index contributed by atoms with van der Waals surface area (Å²) >= 11 is 0. The van der Waals surface area contributed by atoms with Gasteiger partial charge >= 0.3 is 0 Å². The summed E-state index contributed by atoms with van der Waals surface area (Å²) in [4.78, 5) is 0. The number of nitrogens with one attached hydrogen (secondary N) is 1. The molecule has 0 aromatic heterocycles. The Hall–Kier alpha value is -1.51. The van der Waals surface area contributed by atoms with Crippen molar-refractivity contribution in [1.29, 1.82) is 0 Å². The molecule has 22 heavy (non-hydrogen) atoms. The van der Waals surface area contributed by atoms with E-state index in [-0.39, 0.29) is 12.4 Å². The summed E-state index contributed by atoms with van der Waals surface area (Å²) in [6, 6.07) is 18.9. The molecule has 118 valence electrons. The van der Waals surface area contributed by atoms with Crippen LogP contribution in [-0.2, 0) is 13.0 Å². The summed E-state index contributed by atoms with van der Waals surface area (Å²) in [5, 5.41) is 3.42. The van der Waals surface area contributed by atoms with Crippen LogP contribution < -0.4 is 10.1 Å². The van der Waals surface area contributed by atoms with Crippen molar-refractivity contribution in [2.24, 2.45) is 5.92 Å². The molecule has 1 saturated heterocycles. The fraction of sp³-hybridized carbons (Fsp3) is 0.368. The molecular weight excluding hydrogens is 294 g/mol. The first-order chi connectivity index (χ1) is 10.4. The second kappa shape index (κ2) is 8.82. The minimum atomic E-state index is 0. The van der Waals surface area contributed by atoms with Gasteiger partial charge in [0.1, 0.15) is 12.4 Å². The predicted molar refractivity (Wildman–Crippen MR) is 93.8 cm³/mol. The maximum Gasteiger partial charge on any atom is 0.119 e. The summed E-state index contributed by atoms with van der Waals surface area (Å²) in [6.07, 6.45) is 3.79. The first-order valence-electron chi connectivity index (χ1n) is 7.86. The molecule has 0 unspecified atom stereocenters. The van der Waals surface area contributed by atoms with Gasteiger partial charge in [0, 0.05) is 0 Å². The zero-order chi connectivity index (χ0) is 14.3. The van der Waals surface area contributed by atoms with Crippen molar-refractivity contribution in [2.45, 2.75) is 25.9 Å². The van der Waals surface area contributed by atoms with E-state index in [0.29, 0.717) is 6.61 Å². The van der Waals surface area contributed by atoms with E-state index in [1.807, 2.05) is 18.2 Å². The number of rotatable bonds is 5. The topological polar surface area (TPSA) is 21.3 Å². The van der Waals surface area contributed by atoms with Gasteiger partial charge < -0.3 is 10.1 Å². The summed E-state index contributed by atoms with van der Waals surface area (Å²) in [6.45, 7) is 2.97. The highest BCUT2D eigenvalue weighted by Gasteiger charge is 2.13. The molecular formula is C19H24ClNO. The highest BCUT2D eigenvalue weighted by atomic mass is 35.5. The van der Waals surface area contributed by atoms with Crippen LogP contribution in [0.5, 0.6) is 5.75 Å². The van der Waals surface area contributed by atoms with Crippen molar-refractivity contribution >= 4 is 12.4 Å². The average molecular weight is 318 g/mol. The Bertz CT molecular complexity index is 535. The molecule has 1 aliphatic rings. The zero-order valence-electron chi connectivity index (χ0n) is 12.8. The largest absolute Gasteiger partial charge is 0.489 e. The van der Waals surface area contributed by atoms with Crippen LogP contribution in [0.25, 0.3) is 0 Å². The predicted octanol–water partition coefficient (Wildman–Crippen LogP) is 4.23. The molecule has 1 N–H and O–H groups in total. The Balaban J connectivity index is 0.00000176. The van der Waals surface area contributed by atoms with Gasteiger partial charge in [0.05, 0.1) is 0 Å². The van der Waals surface area contributed by atoms with Crippen molar-refractivity contribution in [3.8, 4) is 5.75 Å². The second-order valence-corrected chi connectivity index (χ2v) is 5.82. The number of ether oxygens (including phenoxy) is 1. The molecule has 1 heterocycles. The smallest absolute Gasteiger partial charge is 0.119 e. The van der Waals surface area contributed by atoms with Gasteiger partial charge in [-0.2, -0.15) is 0 Å². The molecule has 0 aliphatic carbocycles. The van der Waals surface area contributed by atoms with Gasteiger partial charge in [0.15, 0.2) is 0 Å². The van der Waals surface area contributed by atoms with E-state index in [2.05, 4.69) is 41.7 Å². The van der Waals surface area contributed by atoms with Crippen LogP contribution in [0.3, 0.4) is 0 Å². The van der Waals surface area contributed by atoms with Crippen LogP contribution in [0.4, 0.5) is 0 Å². The molecule has 0 saturated carbocycles. The van der Waals surface area contributed by atoms with Gasteiger partial charge in [-0.3, -0.25) is 0 Å². The molecule has 1 aliphatic heterocycles. The zero-order valence-corrected chi connectivity index (χ0v) is 13.6. The summed E-state index contributed by atoms with van der Waals surface area (Å²) in [7, 11) is 0. The Labute approximate surface area is 139 Å². The molecule has 3 rings (SSSR count). The van der Waals surface area contributed by atoms with Crippen LogP contribution in [0.1, 0.15) is 24.0 Å². The summed E-state index contributed by atoms with van der Waals surface area (Å²) in [5.74, 6) is 1.79. The maximum absolute atomic E-state index is 5.83. The van der Waals surface area contributed by atoms with E-state index in [9.17, 15) is 0 Å². The molecule has 2 nitrogen and oxygen atoms in total. The molecule has 1 fully saturated rings. The van der Waals surface area contributed by atoms with E-state index >= 15 is 0 Å². The lowest BCUT2D eigenvalue weighted by Gasteiger charge is -2.22. The number of halogens is 1. The van der Waals surface area contributed by atoms with Crippen LogP contribution in [0, 0.1) is 5.92 Å². The van der Waals surface area contributed by atoms with Crippen LogP contribution in [0.15, 0.2) is 54.6 Å². The fourth-order valence-electron chi connectivity index (χ4n) is 2.88. The van der Waals surface area contributed by atoms with Crippen molar-refractivity contribution in [2.75, 3.05) is 13.1 Å². The third-order valence-electron chi connectivity index (χ3n) is 4.15. The Morgan fingerprint density at radius 1 is 0.864 bits per heavy atom. The Morgan fingerprint density at radius 3 is 2.23 bits per heavy atom. The standard InChI is InChI=1S/C19H23NO.ClH/c1-2-4-18(5-3-1)15-21-19-8-6-16(7-9-19)14-17-10-12-20-13-11-17;/h1-9,17,20H,10-15H2;1H. The third-order valence-corrected chi connectivity index (χ3v) is 4.15.